The Hall–Kier alpha value is -0.770. The Morgan fingerprint density at radius 3 is 2.76 bits per heavy atom. The third kappa shape index (κ3) is 4.50. The molecule has 2 fully saturated rings. The summed E-state index contributed by atoms with van der Waals surface area (Å²) in [5, 5.41) is 3.35. The van der Waals surface area contributed by atoms with Crippen LogP contribution < -0.4 is 5.32 Å². The van der Waals surface area contributed by atoms with Gasteiger partial charge in [-0.05, 0) is 25.0 Å². The molecule has 0 amide bonds. The topological polar surface area (TPSA) is 74.9 Å². The SMILES string of the molecule is CN=C(NCCc1ccco1)N1CCS(=O)(=O)C2(CCCCC2)C1.I. The molecule has 1 saturated heterocycles. The van der Waals surface area contributed by atoms with Crippen LogP contribution >= 0.6 is 24.0 Å². The van der Waals surface area contributed by atoms with E-state index in [1.807, 2.05) is 12.1 Å². The molecule has 0 unspecified atom stereocenters. The second-order valence-corrected chi connectivity index (χ2v) is 9.29. The number of guanidine groups is 1. The Morgan fingerprint density at radius 1 is 1.36 bits per heavy atom. The second-order valence-electron chi connectivity index (χ2n) is 6.79. The van der Waals surface area contributed by atoms with Crippen LogP contribution in [0.15, 0.2) is 27.8 Å². The van der Waals surface area contributed by atoms with Gasteiger partial charge in [-0.1, -0.05) is 19.3 Å². The van der Waals surface area contributed by atoms with Crippen molar-refractivity contribution in [1.82, 2.24) is 10.2 Å². The van der Waals surface area contributed by atoms with E-state index in [0.29, 0.717) is 13.1 Å². The first-order valence-corrected chi connectivity index (χ1v) is 10.4. The lowest BCUT2D eigenvalue weighted by Crippen LogP contribution is -2.60. The summed E-state index contributed by atoms with van der Waals surface area (Å²) in [6.45, 7) is 1.80. The molecule has 2 aliphatic rings. The Balaban J connectivity index is 0.00000225. The van der Waals surface area contributed by atoms with Crippen LogP contribution in [-0.4, -0.2) is 56.5 Å². The molecule has 0 aromatic carbocycles. The third-order valence-corrected chi connectivity index (χ3v) is 7.86. The van der Waals surface area contributed by atoms with Gasteiger partial charge in [0.15, 0.2) is 15.8 Å². The molecule has 0 bridgehead atoms. The highest BCUT2D eigenvalue weighted by molar-refractivity contribution is 14.0. The van der Waals surface area contributed by atoms with Gasteiger partial charge in [0.05, 0.1) is 16.8 Å². The Labute approximate surface area is 167 Å². The van der Waals surface area contributed by atoms with Crippen molar-refractivity contribution in [2.75, 3.05) is 32.4 Å². The maximum absolute atomic E-state index is 12.7. The van der Waals surface area contributed by atoms with Crippen LogP contribution in [0.3, 0.4) is 0 Å². The molecule has 1 aromatic heterocycles. The number of halogens is 1. The number of sulfone groups is 1. The zero-order chi connectivity index (χ0) is 17.0. The molecule has 1 aliphatic heterocycles. The van der Waals surface area contributed by atoms with Gasteiger partial charge in [0.25, 0.3) is 0 Å². The standard InChI is InChI=1S/C17H27N3O3S.HI/c1-18-16(19-10-7-15-6-5-12-23-15)20-11-13-24(21,22)17(14-20)8-3-2-4-9-17;/h5-6,12H,2-4,7-11,13-14H2,1H3,(H,18,19);1H. The van der Waals surface area contributed by atoms with Gasteiger partial charge < -0.3 is 14.6 Å². The van der Waals surface area contributed by atoms with Crippen molar-refractivity contribution in [3.63, 3.8) is 0 Å². The minimum atomic E-state index is -3.02. The van der Waals surface area contributed by atoms with E-state index in [1.165, 1.54) is 0 Å². The average Bonchev–Trinajstić information content (AvgIpc) is 3.09. The van der Waals surface area contributed by atoms with Gasteiger partial charge in [0, 0.05) is 33.1 Å². The molecule has 1 aliphatic carbocycles. The molecule has 0 radical (unpaired) electrons. The highest BCUT2D eigenvalue weighted by Crippen LogP contribution is 2.38. The molecule has 0 atom stereocenters. The largest absolute Gasteiger partial charge is 0.469 e. The van der Waals surface area contributed by atoms with E-state index in [1.54, 1.807) is 13.3 Å². The van der Waals surface area contributed by atoms with E-state index in [9.17, 15) is 8.42 Å². The number of nitrogens with one attached hydrogen (secondary N) is 1. The van der Waals surface area contributed by atoms with Crippen molar-refractivity contribution in [3.8, 4) is 0 Å². The quantitative estimate of drug-likeness (QED) is 0.408. The molecular weight excluding hydrogens is 453 g/mol. The molecule has 142 valence electrons. The van der Waals surface area contributed by atoms with E-state index >= 15 is 0 Å². The molecule has 8 heteroatoms. The summed E-state index contributed by atoms with van der Waals surface area (Å²) in [6.07, 6.45) is 7.20. The van der Waals surface area contributed by atoms with Gasteiger partial charge in [-0.25, -0.2) is 8.42 Å². The van der Waals surface area contributed by atoms with Crippen LogP contribution in [0.4, 0.5) is 0 Å². The van der Waals surface area contributed by atoms with E-state index in [2.05, 4.69) is 15.2 Å². The molecule has 1 aromatic rings. The van der Waals surface area contributed by atoms with Crippen molar-refractivity contribution >= 4 is 39.8 Å². The minimum absolute atomic E-state index is 0. The number of rotatable bonds is 3. The summed E-state index contributed by atoms with van der Waals surface area (Å²) < 4.78 is 30.1. The lowest BCUT2D eigenvalue weighted by molar-refractivity contribution is 0.274. The second kappa shape index (κ2) is 8.75. The van der Waals surface area contributed by atoms with Crippen molar-refractivity contribution in [2.24, 2.45) is 4.99 Å². The number of hydrogen-bond donors (Lipinski definition) is 1. The van der Waals surface area contributed by atoms with Gasteiger partial charge in [-0.2, -0.15) is 0 Å². The first kappa shape index (κ1) is 20.5. The Kier molecular flexibility index (Phi) is 7.19. The molecular formula is C17H28IN3O3S. The van der Waals surface area contributed by atoms with E-state index in [0.717, 1.165) is 56.8 Å². The Bertz CT molecular complexity index is 667. The van der Waals surface area contributed by atoms with E-state index in [4.69, 9.17) is 4.42 Å². The lowest BCUT2D eigenvalue weighted by atomic mass is 9.87. The maximum Gasteiger partial charge on any atom is 0.193 e. The molecule has 1 saturated carbocycles. The van der Waals surface area contributed by atoms with Gasteiger partial charge in [-0.3, -0.25) is 4.99 Å². The normalized spacial score (nSPS) is 22.4. The minimum Gasteiger partial charge on any atom is -0.469 e. The van der Waals surface area contributed by atoms with E-state index in [-0.39, 0.29) is 29.7 Å². The molecule has 1 spiro atoms. The van der Waals surface area contributed by atoms with Crippen molar-refractivity contribution in [1.29, 1.82) is 0 Å². The van der Waals surface area contributed by atoms with Gasteiger partial charge >= 0.3 is 0 Å². The molecule has 3 rings (SSSR count). The predicted molar refractivity (Wildman–Crippen MR) is 110 cm³/mol. The summed E-state index contributed by atoms with van der Waals surface area (Å²) >= 11 is 0. The predicted octanol–water partition coefficient (Wildman–Crippen LogP) is 2.45. The molecule has 6 nitrogen and oxygen atoms in total. The fourth-order valence-electron chi connectivity index (χ4n) is 3.90. The van der Waals surface area contributed by atoms with Crippen LogP contribution in [0.1, 0.15) is 37.9 Å². The zero-order valence-corrected chi connectivity index (χ0v) is 17.9. The fraction of sp³-hybridized carbons (Fsp3) is 0.706. The Morgan fingerprint density at radius 2 is 2.12 bits per heavy atom. The van der Waals surface area contributed by atoms with Gasteiger partial charge in [0.1, 0.15) is 5.76 Å². The summed E-state index contributed by atoms with van der Waals surface area (Å²) in [7, 11) is -1.26. The average molecular weight is 481 g/mol. The fourth-order valence-corrected chi connectivity index (χ4v) is 6.06. The van der Waals surface area contributed by atoms with Gasteiger partial charge in [-0.15, -0.1) is 24.0 Å². The third-order valence-electron chi connectivity index (χ3n) is 5.28. The van der Waals surface area contributed by atoms with Crippen LogP contribution in [0.25, 0.3) is 0 Å². The van der Waals surface area contributed by atoms with Crippen LogP contribution in [0.2, 0.25) is 0 Å². The lowest BCUT2D eigenvalue weighted by Gasteiger charge is -2.45. The van der Waals surface area contributed by atoms with Crippen LogP contribution in [0, 0.1) is 0 Å². The van der Waals surface area contributed by atoms with Crippen LogP contribution in [-0.2, 0) is 16.3 Å². The van der Waals surface area contributed by atoms with E-state index < -0.39 is 14.6 Å². The number of furan rings is 1. The highest BCUT2D eigenvalue weighted by atomic mass is 127. The monoisotopic (exact) mass is 481 g/mol. The van der Waals surface area contributed by atoms with Crippen molar-refractivity contribution in [3.05, 3.63) is 24.2 Å². The summed E-state index contributed by atoms with van der Waals surface area (Å²) in [5.41, 5.74) is 0. The van der Waals surface area contributed by atoms with Gasteiger partial charge in [0.2, 0.25) is 0 Å². The molecule has 1 N–H and O–H groups in total. The maximum atomic E-state index is 12.7. The van der Waals surface area contributed by atoms with Crippen LogP contribution in [0.5, 0.6) is 0 Å². The first-order valence-electron chi connectivity index (χ1n) is 8.77. The summed E-state index contributed by atoms with van der Waals surface area (Å²) in [4.78, 5) is 6.48. The zero-order valence-electron chi connectivity index (χ0n) is 14.7. The number of aliphatic imine (C=N–C) groups is 1. The number of nitrogens with zero attached hydrogens (tertiary/aromatic N) is 2. The number of hydrogen-bond acceptors (Lipinski definition) is 4. The summed E-state index contributed by atoms with van der Waals surface area (Å²) in [5.74, 6) is 1.95. The molecule has 2 heterocycles. The smallest absolute Gasteiger partial charge is 0.193 e. The van der Waals surface area contributed by atoms with Crippen molar-refractivity contribution in [2.45, 2.75) is 43.3 Å². The summed E-state index contributed by atoms with van der Waals surface area (Å²) in [6, 6.07) is 3.83. The first-order chi connectivity index (χ1) is 11.6. The van der Waals surface area contributed by atoms with Crippen molar-refractivity contribution < 1.29 is 12.8 Å². The molecule has 25 heavy (non-hydrogen) atoms. The highest BCUT2D eigenvalue weighted by Gasteiger charge is 2.48.